The van der Waals surface area contributed by atoms with Gasteiger partial charge < -0.3 is 14.8 Å². The molecule has 0 saturated carbocycles. The maximum absolute atomic E-state index is 12.2. The Kier molecular flexibility index (Phi) is 5.22. The molecule has 2 heterocycles. The fourth-order valence-electron chi connectivity index (χ4n) is 2.48. The molecular formula is C17H14ClF3N2O3. The molecule has 0 unspecified atom stereocenters. The van der Waals surface area contributed by atoms with E-state index < -0.39 is 18.7 Å². The molecule has 0 radical (unpaired) electrons. The maximum Gasteiger partial charge on any atom is 0.422 e. The summed E-state index contributed by atoms with van der Waals surface area (Å²) in [6.07, 6.45) is -2.90. The molecule has 0 spiro atoms. The van der Waals surface area contributed by atoms with Crippen LogP contribution in [0.15, 0.2) is 36.5 Å². The number of ether oxygens (including phenoxy) is 2. The number of benzene rings is 1. The van der Waals surface area contributed by atoms with E-state index in [0.29, 0.717) is 6.42 Å². The zero-order valence-corrected chi connectivity index (χ0v) is 14.1. The number of rotatable bonds is 5. The van der Waals surface area contributed by atoms with E-state index in [2.05, 4.69) is 15.0 Å². The van der Waals surface area contributed by atoms with Gasteiger partial charge in [0, 0.05) is 12.6 Å². The molecule has 26 heavy (non-hydrogen) atoms. The molecule has 5 nitrogen and oxygen atoms in total. The number of nitrogens with zero attached hydrogens (tertiary/aromatic N) is 1. The first kappa shape index (κ1) is 18.3. The zero-order chi connectivity index (χ0) is 18.7. The Labute approximate surface area is 152 Å². The minimum atomic E-state index is -4.50. The van der Waals surface area contributed by atoms with Crippen molar-refractivity contribution in [2.45, 2.75) is 18.7 Å². The van der Waals surface area contributed by atoms with Crippen molar-refractivity contribution in [3.8, 4) is 11.6 Å². The molecule has 1 aliphatic rings. The van der Waals surface area contributed by atoms with E-state index in [-0.39, 0.29) is 29.1 Å². The van der Waals surface area contributed by atoms with Crippen molar-refractivity contribution in [1.82, 2.24) is 10.3 Å². The third-order valence-electron chi connectivity index (χ3n) is 3.65. The van der Waals surface area contributed by atoms with E-state index in [1.807, 2.05) is 24.3 Å². The second-order valence-corrected chi connectivity index (χ2v) is 6.08. The van der Waals surface area contributed by atoms with Gasteiger partial charge in [0.1, 0.15) is 16.9 Å². The molecule has 0 aliphatic carbocycles. The fraction of sp³-hybridized carbons (Fsp3) is 0.294. The molecule has 0 bridgehead atoms. The SMILES string of the molecule is O=C(NC[C@H]1Cc2ccccc2O1)c1cnc(OCC(F)(F)F)c(Cl)c1. The summed E-state index contributed by atoms with van der Waals surface area (Å²) in [7, 11) is 0. The average Bonchev–Trinajstić information content (AvgIpc) is 3.00. The molecule has 1 aromatic carbocycles. The van der Waals surface area contributed by atoms with Crippen LogP contribution in [0, 0.1) is 0 Å². The van der Waals surface area contributed by atoms with Crippen LogP contribution in [0.25, 0.3) is 0 Å². The summed E-state index contributed by atoms with van der Waals surface area (Å²) in [5, 5.41) is 2.52. The number of fused-ring (bicyclic) bond motifs is 1. The molecule has 9 heteroatoms. The van der Waals surface area contributed by atoms with Gasteiger partial charge in [0.15, 0.2) is 6.61 Å². The largest absolute Gasteiger partial charge is 0.488 e. The number of amides is 1. The first-order valence-electron chi connectivity index (χ1n) is 7.70. The molecule has 1 amide bonds. The first-order valence-corrected chi connectivity index (χ1v) is 8.07. The topological polar surface area (TPSA) is 60.5 Å². The second-order valence-electron chi connectivity index (χ2n) is 5.68. The van der Waals surface area contributed by atoms with Gasteiger partial charge in [-0.15, -0.1) is 0 Å². The van der Waals surface area contributed by atoms with E-state index in [1.165, 1.54) is 6.07 Å². The van der Waals surface area contributed by atoms with Gasteiger partial charge in [0.05, 0.1) is 12.1 Å². The second kappa shape index (κ2) is 7.41. The van der Waals surface area contributed by atoms with Crippen LogP contribution < -0.4 is 14.8 Å². The predicted molar refractivity (Wildman–Crippen MR) is 87.7 cm³/mol. The number of halogens is 4. The predicted octanol–water partition coefficient (Wildman–Crippen LogP) is 3.41. The molecule has 138 valence electrons. The molecule has 1 N–H and O–H groups in total. The minimum absolute atomic E-state index is 0.116. The normalized spacial score (nSPS) is 15.9. The van der Waals surface area contributed by atoms with Crippen LogP contribution in [0.5, 0.6) is 11.6 Å². The van der Waals surface area contributed by atoms with Crippen molar-refractivity contribution in [3.05, 3.63) is 52.7 Å². The van der Waals surface area contributed by atoms with Gasteiger partial charge in [-0.3, -0.25) is 4.79 Å². The third kappa shape index (κ3) is 4.57. The van der Waals surface area contributed by atoms with Crippen molar-refractivity contribution in [2.75, 3.05) is 13.2 Å². The Hall–Kier alpha value is -2.48. The number of alkyl halides is 3. The van der Waals surface area contributed by atoms with E-state index in [0.717, 1.165) is 17.5 Å². The van der Waals surface area contributed by atoms with Crippen molar-refractivity contribution in [2.24, 2.45) is 0 Å². The molecule has 2 aromatic rings. The van der Waals surface area contributed by atoms with Gasteiger partial charge in [-0.1, -0.05) is 29.8 Å². The monoisotopic (exact) mass is 386 g/mol. The minimum Gasteiger partial charge on any atom is -0.488 e. The van der Waals surface area contributed by atoms with Crippen molar-refractivity contribution in [3.63, 3.8) is 0 Å². The number of carbonyl (C=O) groups is 1. The summed E-state index contributed by atoms with van der Waals surface area (Å²) in [5.74, 6) is -0.0425. The summed E-state index contributed by atoms with van der Waals surface area (Å²) in [6.45, 7) is -1.23. The van der Waals surface area contributed by atoms with E-state index in [4.69, 9.17) is 16.3 Å². The van der Waals surface area contributed by atoms with Crippen molar-refractivity contribution in [1.29, 1.82) is 0 Å². The highest BCUT2D eigenvalue weighted by Gasteiger charge is 2.29. The lowest BCUT2D eigenvalue weighted by atomic mass is 10.1. The summed E-state index contributed by atoms with van der Waals surface area (Å²) in [5.41, 5.74) is 1.19. The summed E-state index contributed by atoms with van der Waals surface area (Å²) in [6, 6.07) is 8.82. The molecule has 1 aromatic heterocycles. The van der Waals surface area contributed by atoms with Gasteiger partial charge in [0.25, 0.3) is 5.91 Å². The standard InChI is InChI=1S/C17H14ClF3N2O3/c18-13-6-11(7-23-16(13)25-9-17(19,20)21)15(24)22-8-12-5-10-3-1-2-4-14(10)26-12/h1-4,6-7,12H,5,8-9H2,(H,22,24)/t12-/m1/s1. The Morgan fingerprint density at radius 3 is 2.85 bits per heavy atom. The Bertz CT molecular complexity index is 789. The number of aromatic nitrogens is 1. The number of nitrogens with one attached hydrogen (secondary N) is 1. The van der Waals surface area contributed by atoms with Crippen LogP contribution in [-0.4, -0.2) is 36.3 Å². The lowest BCUT2D eigenvalue weighted by Gasteiger charge is -2.13. The highest BCUT2D eigenvalue weighted by atomic mass is 35.5. The van der Waals surface area contributed by atoms with Gasteiger partial charge in [0.2, 0.25) is 5.88 Å². The lowest BCUT2D eigenvalue weighted by Crippen LogP contribution is -2.34. The Morgan fingerprint density at radius 2 is 2.15 bits per heavy atom. The van der Waals surface area contributed by atoms with E-state index >= 15 is 0 Å². The molecular weight excluding hydrogens is 373 g/mol. The van der Waals surface area contributed by atoms with Crippen molar-refractivity contribution < 1.29 is 27.4 Å². The number of carbonyl (C=O) groups excluding carboxylic acids is 1. The van der Waals surface area contributed by atoms with Crippen LogP contribution in [0.3, 0.4) is 0 Å². The highest BCUT2D eigenvalue weighted by Crippen LogP contribution is 2.28. The van der Waals surface area contributed by atoms with Crippen LogP contribution in [0.1, 0.15) is 15.9 Å². The Balaban J connectivity index is 1.54. The maximum atomic E-state index is 12.2. The Morgan fingerprint density at radius 1 is 1.38 bits per heavy atom. The molecule has 1 aliphatic heterocycles. The van der Waals surface area contributed by atoms with E-state index in [1.54, 1.807) is 0 Å². The number of para-hydroxylation sites is 1. The van der Waals surface area contributed by atoms with Gasteiger partial charge in [-0.25, -0.2) is 4.98 Å². The molecule has 3 rings (SSSR count). The van der Waals surface area contributed by atoms with Crippen LogP contribution in [0.2, 0.25) is 5.02 Å². The number of hydrogen-bond acceptors (Lipinski definition) is 4. The summed E-state index contributed by atoms with van der Waals surface area (Å²) in [4.78, 5) is 15.8. The third-order valence-corrected chi connectivity index (χ3v) is 3.92. The van der Waals surface area contributed by atoms with Gasteiger partial charge in [-0.2, -0.15) is 13.2 Å². The number of hydrogen-bond donors (Lipinski definition) is 1. The molecule has 0 saturated heterocycles. The van der Waals surface area contributed by atoms with Crippen LogP contribution in [-0.2, 0) is 6.42 Å². The average molecular weight is 387 g/mol. The molecule has 1 atom stereocenters. The zero-order valence-electron chi connectivity index (χ0n) is 13.3. The van der Waals surface area contributed by atoms with Crippen LogP contribution in [0.4, 0.5) is 13.2 Å². The van der Waals surface area contributed by atoms with Gasteiger partial charge in [-0.05, 0) is 17.7 Å². The van der Waals surface area contributed by atoms with Gasteiger partial charge >= 0.3 is 6.18 Å². The van der Waals surface area contributed by atoms with E-state index in [9.17, 15) is 18.0 Å². The lowest BCUT2D eigenvalue weighted by molar-refractivity contribution is -0.154. The fourth-order valence-corrected chi connectivity index (χ4v) is 2.70. The first-order chi connectivity index (χ1) is 12.3. The number of pyridine rings is 1. The summed E-state index contributed by atoms with van der Waals surface area (Å²) >= 11 is 5.83. The smallest absolute Gasteiger partial charge is 0.422 e. The quantitative estimate of drug-likeness (QED) is 0.855. The highest BCUT2D eigenvalue weighted by molar-refractivity contribution is 6.32. The summed E-state index contributed by atoms with van der Waals surface area (Å²) < 4.78 is 46.7. The molecule has 0 fully saturated rings. The van der Waals surface area contributed by atoms with Crippen LogP contribution >= 0.6 is 11.6 Å². The van der Waals surface area contributed by atoms with Crippen molar-refractivity contribution >= 4 is 17.5 Å².